The van der Waals surface area contributed by atoms with E-state index in [4.69, 9.17) is 0 Å². The Hall–Kier alpha value is -1.88. The van der Waals surface area contributed by atoms with Crippen LogP contribution in [0.5, 0.6) is 0 Å². The molecule has 0 heterocycles. The van der Waals surface area contributed by atoms with Crippen LogP contribution in [0.25, 0.3) is 0 Å². The summed E-state index contributed by atoms with van der Waals surface area (Å²) in [5.41, 5.74) is 1.03. The monoisotopic (exact) mass is 302 g/mol. The van der Waals surface area contributed by atoms with Gasteiger partial charge in [-0.2, -0.15) is 0 Å². The van der Waals surface area contributed by atoms with Crippen molar-refractivity contribution in [2.75, 3.05) is 25.1 Å². The van der Waals surface area contributed by atoms with Crippen molar-refractivity contribution in [3.8, 4) is 0 Å². The van der Waals surface area contributed by atoms with Gasteiger partial charge in [0.2, 0.25) is 5.91 Å². The minimum Gasteiger partial charge on any atom is -0.396 e. The van der Waals surface area contributed by atoms with Gasteiger partial charge in [-0.05, 0) is 37.8 Å². The molecule has 0 aliphatic heterocycles. The van der Waals surface area contributed by atoms with Crippen LogP contribution in [0.3, 0.4) is 0 Å². The highest BCUT2D eigenvalue weighted by Crippen LogP contribution is 2.44. The first-order valence-electron chi connectivity index (χ1n) is 7.82. The molecular weight excluding hydrogens is 280 g/mol. The number of hydrogen-bond donors (Lipinski definition) is 2. The number of benzene rings is 1. The Morgan fingerprint density at radius 2 is 2.00 bits per heavy atom. The predicted octanol–water partition coefficient (Wildman–Crippen LogP) is 1.56. The number of nitrogens with one attached hydrogen (secondary N) is 1. The summed E-state index contributed by atoms with van der Waals surface area (Å²) in [6, 6.07) is 7.17. The van der Waals surface area contributed by atoms with Crippen LogP contribution in [0.4, 0.5) is 5.69 Å². The van der Waals surface area contributed by atoms with Crippen LogP contribution in [0.15, 0.2) is 24.3 Å². The molecule has 5 nitrogen and oxygen atoms in total. The number of rotatable bonds is 6. The number of aliphatic hydroxyl groups is 1. The number of amides is 2. The zero-order chi connectivity index (χ0) is 15.7. The molecule has 0 unspecified atom stereocenters. The van der Waals surface area contributed by atoms with Crippen molar-refractivity contribution in [2.24, 2.45) is 11.3 Å². The number of aliphatic hydroxyl groups excluding tert-OH is 1. The molecule has 0 spiro atoms. The van der Waals surface area contributed by atoms with Gasteiger partial charge in [0.15, 0.2) is 0 Å². The summed E-state index contributed by atoms with van der Waals surface area (Å²) in [4.78, 5) is 26.2. The summed E-state index contributed by atoms with van der Waals surface area (Å²) < 4.78 is 0. The van der Waals surface area contributed by atoms with Crippen LogP contribution in [0.2, 0.25) is 0 Å². The molecule has 118 valence electrons. The maximum atomic E-state index is 12.4. The third-order valence-electron chi connectivity index (χ3n) is 4.68. The Balaban J connectivity index is 1.72. The van der Waals surface area contributed by atoms with Crippen molar-refractivity contribution in [3.05, 3.63) is 29.8 Å². The smallest absolute Gasteiger partial charge is 0.253 e. The summed E-state index contributed by atoms with van der Waals surface area (Å²) in [5, 5.41) is 12.2. The summed E-state index contributed by atoms with van der Waals surface area (Å²) in [6.45, 7) is 0.589. The summed E-state index contributed by atoms with van der Waals surface area (Å²) in [7, 11) is 1.73. The SMILES string of the molecule is CN(C(=O)C1CC1)c1ccccc1C(=O)NCC1(CO)CC1. The number of carbonyl (C=O) groups excluding carboxylic acids is 2. The van der Waals surface area contributed by atoms with Gasteiger partial charge in [-0.15, -0.1) is 0 Å². The average Bonchev–Trinajstić information content (AvgIpc) is 3.45. The first kappa shape index (κ1) is 15.0. The molecule has 0 bridgehead atoms. The zero-order valence-electron chi connectivity index (χ0n) is 12.8. The molecule has 22 heavy (non-hydrogen) atoms. The number of anilines is 1. The van der Waals surface area contributed by atoms with Crippen molar-refractivity contribution in [1.82, 2.24) is 5.32 Å². The summed E-state index contributed by atoms with van der Waals surface area (Å²) in [6.07, 6.45) is 3.78. The first-order valence-corrected chi connectivity index (χ1v) is 7.82. The Morgan fingerprint density at radius 1 is 1.32 bits per heavy atom. The maximum absolute atomic E-state index is 12.4. The van der Waals surface area contributed by atoms with Crippen molar-refractivity contribution < 1.29 is 14.7 Å². The minimum absolute atomic E-state index is 0.0780. The van der Waals surface area contributed by atoms with Crippen molar-refractivity contribution in [1.29, 1.82) is 0 Å². The highest BCUT2D eigenvalue weighted by Gasteiger charge is 2.42. The van der Waals surface area contributed by atoms with E-state index in [1.54, 1.807) is 30.1 Å². The maximum Gasteiger partial charge on any atom is 0.253 e. The zero-order valence-corrected chi connectivity index (χ0v) is 12.8. The Morgan fingerprint density at radius 3 is 2.59 bits per heavy atom. The molecule has 2 aliphatic carbocycles. The molecule has 0 saturated heterocycles. The molecule has 2 amide bonds. The van der Waals surface area contributed by atoms with Gasteiger partial charge in [-0.25, -0.2) is 0 Å². The van der Waals surface area contributed by atoms with Crippen LogP contribution in [-0.4, -0.2) is 37.1 Å². The largest absolute Gasteiger partial charge is 0.396 e. The van der Waals surface area contributed by atoms with Crippen LogP contribution >= 0.6 is 0 Å². The van der Waals surface area contributed by atoms with Gasteiger partial charge >= 0.3 is 0 Å². The summed E-state index contributed by atoms with van der Waals surface area (Å²) >= 11 is 0. The number of carbonyl (C=O) groups is 2. The molecule has 2 N–H and O–H groups in total. The van der Waals surface area contributed by atoms with Gasteiger partial charge in [0.1, 0.15) is 0 Å². The molecule has 2 saturated carbocycles. The molecular formula is C17H22N2O3. The fraction of sp³-hybridized carbons (Fsp3) is 0.529. The molecule has 2 fully saturated rings. The fourth-order valence-corrected chi connectivity index (χ4v) is 2.61. The molecule has 0 aromatic heterocycles. The van der Waals surface area contributed by atoms with E-state index < -0.39 is 0 Å². The fourth-order valence-electron chi connectivity index (χ4n) is 2.61. The van der Waals surface area contributed by atoms with E-state index in [-0.39, 0.29) is 29.8 Å². The lowest BCUT2D eigenvalue weighted by atomic mass is 10.1. The Bertz CT molecular complexity index is 591. The van der Waals surface area contributed by atoms with Gasteiger partial charge in [-0.1, -0.05) is 12.1 Å². The minimum atomic E-state index is -0.189. The van der Waals surface area contributed by atoms with Crippen molar-refractivity contribution in [2.45, 2.75) is 25.7 Å². The van der Waals surface area contributed by atoms with E-state index in [0.29, 0.717) is 17.8 Å². The molecule has 0 atom stereocenters. The second-order valence-corrected chi connectivity index (χ2v) is 6.53. The third kappa shape index (κ3) is 2.99. The highest BCUT2D eigenvalue weighted by molar-refractivity contribution is 6.05. The van der Waals surface area contributed by atoms with E-state index in [1.165, 1.54) is 0 Å². The lowest BCUT2D eigenvalue weighted by Gasteiger charge is -2.21. The van der Waals surface area contributed by atoms with E-state index in [2.05, 4.69) is 5.32 Å². The van der Waals surface area contributed by atoms with Crippen LogP contribution in [0, 0.1) is 11.3 Å². The van der Waals surface area contributed by atoms with Gasteiger partial charge in [0.05, 0.1) is 17.9 Å². The van der Waals surface area contributed by atoms with E-state index >= 15 is 0 Å². The third-order valence-corrected chi connectivity index (χ3v) is 4.68. The lowest BCUT2D eigenvalue weighted by Crippen LogP contribution is -2.34. The number of nitrogens with zero attached hydrogens (tertiary/aromatic N) is 1. The molecule has 0 radical (unpaired) electrons. The second-order valence-electron chi connectivity index (χ2n) is 6.53. The molecule has 3 rings (SSSR count). The highest BCUT2D eigenvalue weighted by atomic mass is 16.3. The quantitative estimate of drug-likeness (QED) is 0.838. The van der Waals surface area contributed by atoms with Crippen LogP contribution in [0.1, 0.15) is 36.0 Å². The lowest BCUT2D eigenvalue weighted by molar-refractivity contribution is -0.119. The Labute approximate surface area is 130 Å². The summed E-state index contributed by atoms with van der Waals surface area (Å²) in [5.74, 6) is 0.00489. The van der Waals surface area contributed by atoms with Gasteiger partial charge in [0, 0.05) is 24.9 Å². The van der Waals surface area contributed by atoms with Gasteiger partial charge in [0.25, 0.3) is 5.91 Å². The normalized spacial score (nSPS) is 18.6. The second kappa shape index (κ2) is 5.72. The number of hydrogen-bond acceptors (Lipinski definition) is 3. The Kier molecular flexibility index (Phi) is 3.91. The van der Waals surface area contributed by atoms with Crippen LogP contribution in [-0.2, 0) is 4.79 Å². The molecule has 1 aromatic carbocycles. The van der Waals surface area contributed by atoms with Crippen LogP contribution < -0.4 is 10.2 Å². The first-order chi connectivity index (χ1) is 10.6. The average molecular weight is 302 g/mol. The van der Waals surface area contributed by atoms with E-state index in [0.717, 1.165) is 25.7 Å². The standard InChI is InChI=1S/C17H22N2O3/c1-19(16(22)12-6-7-12)14-5-3-2-4-13(14)15(21)18-10-17(11-20)8-9-17/h2-5,12,20H,6-11H2,1H3,(H,18,21). The van der Waals surface area contributed by atoms with E-state index in [1.807, 2.05) is 6.07 Å². The van der Waals surface area contributed by atoms with Gasteiger partial charge < -0.3 is 15.3 Å². The van der Waals surface area contributed by atoms with Crippen molar-refractivity contribution >= 4 is 17.5 Å². The van der Waals surface area contributed by atoms with E-state index in [9.17, 15) is 14.7 Å². The molecule has 5 heteroatoms. The van der Waals surface area contributed by atoms with Crippen molar-refractivity contribution in [3.63, 3.8) is 0 Å². The molecule has 1 aromatic rings. The van der Waals surface area contributed by atoms with Gasteiger partial charge in [-0.3, -0.25) is 9.59 Å². The molecule has 2 aliphatic rings. The number of para-hydroxylation sites is 1. The topological polar surface area (TPSA) is 69.6 Å². The predicted molar refractivity (Wildman–Crippen MR) is 83.7 cm³/mol.